The molecular weight excluding hydrogens is 128 g/mol. The van der Waals surface area contributed by atoms with Gasteiger partial charge < -0.3 is 9.84 Å². The van der Waals surface area contributed by atoms with Crippen LogP contribution >= 0.6 is 0 Å². The molecule has 0 unspecified atom stereocenters. The zero-order valence-electron chi connectivity index (χ0n) is 5.50. The van der Waals surface area contributed by atoms with Gasteiger partial charge in [0, 0.05) is 12.0 Å². The van der Waals surface area contributed by atoms with E-state index in [0.717, 1.165) is 24.0 Å². The molecule has 52 valence electrons. The second kappa shape index (κ2) is 1.90. The lowest BCUT2D eigenvalue weighted by Gasteiger charge is -2.04. The van der Waals surface area contributed by atoms with Crippen molar-refractivity contribution in [3.05, 3.63) is 35.5 Å². The summed E-state index contributed by atoms with van der Waals surface area (Å²) in [5, 5.41) is 9.26. The maximum absolute atomic E-state index is 9.26. The summed E-state index contributed by atoms with van der Waals surface area (Å²) in [5.74, 6) is 0.491. The van der Waals surface area contributed by atoms with Gasteiger partial charge in [-0.1, -0.05) is 0 Å². The Hall–Kier alpha value is -1.18. The molecule has 2 heteroatoms. The van der Waals surface area contributed by atoms with Crippen molar-refractivity contribution in [2.45, 2.75) is 12.8 Å². The highest BCUT2D eigenvalue weighted by atomic mass is 16.5. The Morgan fingerprint density at radius 2 is 2.30 bits per heavy atom. The number of allylic oxidation sites excluding steroid dienone is 4. The molecule has 0 fully saturated rings. The SMILES string of the molecule is OC1=C2C=COC=C2CC1. The number of aliphatic hydroxyl groups excluding tert-OH is 1. The van der Waals surface area contributed by atoms with Crippen molar-refractivity contribution in [3.8, 4) is 0 Å². The van der Waals surface area contributed by atoms with E-state index in [-0.39, 0.29) is 0 Å². The molecule has 2 aliphatic rings. The molecule has 1 heterocycles. The van der Waals surface area contributed by atoms with Gasteiger partial charge in [-0.25, -0.2) is 0 Å². The summed E-state index contributed by atoms with van der Waals surface area (Å²) < 4.78 is 4.94. The highest BCUT2D eigenvalue weighted by Crippen LogP contribution is 2.32. The summed E-state index contributed by atoms with van der Waals surface area (Å²) in [7, 11) is 0. The molecule has 0 atom stereocenters. The van der Waals surface area contributed by atoms with Gasteiger partial charge in [-0.15, -0.1) is 0 Å². The van der Waals surface area contributed by atoms with Gasteiger partial charge in [-0.05, 0) is 18.1 Å². The van der Waals surface area contributed by atoms with Gasteiger partial charge >= 0.3 is 0 Å². The predicted octanol–water partition coefficient (Wildman–Crippen LogP) is 2.02. The first-order valence-electron chi connectivity index (χ1n) is 3.31. The van der Waals surface area contributed by atoms with Crippen LogP contribution in [0.2, 0.25) is 0 Å². The fourth-order valence-electron chi connectivity index (χ4n) is 1.26. The van der Waals surface area contributed by atoms with Crippen LogP contribution in [0.3, 0.4) is 0 Å². The smallest absolute Gasteiger partial charge is 0.100 e. The van der Waals surface area contributed by atoms with E-state index in [1.54, 1.807) is 18.6 Å². The summed E-state index contributed by atoms with van der Waals surface area (Å²) in [6, 6.07) is 0. The summed E-state index contributed by atoms with van der Waals surface area (Å²) in [4.78, 5) is 0. The van der Waals surface area contributed by atoms with Gasteiger partial charge in [-0.2, -0.15) is 0 Å². The van der Waals surface area contributed by atoms with E-state index in [0.29, 0.717) is 5.76 Å². The minimum atomic E-state index is 0.491. The van der Waals surface area contributed by atoms with E-state index in [1.165, 1.54) is 0 Å². The minimum Gasteiger partial charge on any atom is -0.512 e. The highest BCUT2D eigenvalue weighted by molar-refractivity contribution is 5.46. The first-order valence-corrected chi connectivity index (χ1v) is 3.31. The fraction of sp³-hybridized carbons (Fsp3) is 0.250. The second-order valence-electron chi connectivity index (χ2n) is 2.44. The molecule has 1 aliphatic heterocycles. The third-order valence-corrected chi connectivity index (χ3v) is 1.81. The molecule has 0 aromatic heterocycles. The monoisotopic (exact) mass is 136 g/mol. The van der Waals surface area contributed by atoms with Crippen LogP contribution in [-0.2, 0) is 4.74 Å². The maximum Gasteiger partial charge on any atom is 0.100 e. The molecule has 10 heavy (non-hydrogen) atoms. The van der Waals surface area contributed by atoms with Gasteiger partial charge in [0.25, 0.3) is 0 Å². The van der Waals surface area contributed by atoms with Crippen molar-refractivity contribution < 1.29 is 9.84 Å². The van der Waals surface area contributed by atoms with E-state index in [9.17, 15) is 5.11 Å². The number of fused-ring (bicyclic) bond motifs is 1. The maximum atomic E-state index is 9.26. The van der Waals surface area contributed by atoms with E-state index >= 15 is 0 Å². The van der Waals surface area contributed by atoms with E-state index in [1.807, 2.05) is 0 Å². The zero-order chi connectivity index (χ0) is 6.97. The number of aliphatic hydroxyl groups is 1. The van der Waals surface area contributed by atoms with Gasteiger partial charge in [0.15, 0.2) is 0 Å². The largest absolute Gasteiger partial charge is 0.512 e. The molecule has 1 N–H and O–H groups in total. The predicted molar refractivity (Wildman–Crippen MR) is 37.2 cm³/mol. The molecule has 1 aliphatic carbocycles. The molecular formula is C8H8O2. The van der Waals surface area contributed by atoms with E-state index < -0.39 is 0 Å². The molecule has 2 nitrogen and oxygen atoms in total. The van der Waals surface area contributed by atoms with Crippen LogP contribution in [0.15, 0.2) is 35.5 Å². The van der Waals surface area contributed by atoms with Crippen molar-refractivity contribution in [2.24, 2.45) is 0 Å². The van der Waals surface area contributed by atoms with Crippen LogP contribution in [0.4, 0.5) is 0 Å². The van der Waals surface area contributed by atoms with Gasteiger partial charge in [0.2, 0.25) is 0 Å². The van der Waals surface area contributed by atoms with Crippen LogP contribution in [0.1, 0.15) is 12.8 Å². The van der Waals surface area contributed by atoms with Crippen LogP contribution in [-0.4, -0.2) is 5.11 Å². The third kappa shape index (κ3) is 0.652. The number of hydrogen-bond donors (Lipinski definition) is 1. The van der Waals surface area contributed by atoms with Gasteiger partial charge in [0.05, 0.1) is 12.5 Å². The van der Waals surface area contributed by atoms with Crippen molar-refractivity contribution in [1.29, 1.82) is 0 Å². The minimum absolute atomic E-state index is 0.491. The van der Waals surface area contributed by atoms with Crippen LogP contribution in [0.5, 0.6) is 0 Å². The average Bonchev–Trinajstić information content (AvgIpc) is 2.34. The Balaban J connectivity index is 2.44. The molecule has 0 aromatic rings. The van der Waals surface area contributed by atoms with Crippen molar-refractivity contribution in [3.63, 3.8) is 0 Å². The van der Waals surface area contributed by atoms with Gasteiger partial charge in [-0.3, -0.25) is 0 Å². The quantitative estimate of drug-likeness (QED) is 0.552. The van der Waals surface area contributed by atoms with Crippen molar-refractivity contribution in [2.75, 3.05) is 0 Å². The lowest BCUT2D eigenvalue weighted by molar-refractivity contribution is 0.388. The number of hydrogen-bond acceptors (Lipinski definition) is 2. The van der Waals surface area contributed by atoms with Crippen LogP contribution < -0.4 is 0 Å². The summed E-state index contributed by atoms with van der Waals surface area (Å²) in [6.45, 7) is 0. The molecule has 0 saturated carbocycles. The topological polar surface area (TPSA) is 29.5 Å². The third-order valence-electron chi connectivity index (χ3n) is 1.81. The lowest BCUT2D eigenvalue weighted by atomic mass is 10.1. The second-order valence-corrected chi connectivity index (χ2v) is 2.44. The molecule has 0 saturated heterocycles. The first-order chi connectivity index (χ1) is 4.88. The summed E-state index contributed by atoms with van der Waals surface area (Å²) >= 11 is 0. The Labute approximate surface area is 59.1 Å². The lowest BCUT2D eigenvalue weighted by Crippen LogP contribution is -1.87. The van der Waals surface area contributed by atoms with Crippen molar-refractivity contribution in [1.82, 2.24) is 0 Å². The normalized spacial score (nSPS) is 22.2. The Bertz CT molecular complexity index is 246. The Morgan fingerprint density at radius 3 is 3.10 bits per heavy atom. The first kappa shape index (κ1) is 5.59. The number of ether oxygens (including phenoxy) is 1. The summed E-state index contributed by atoms with van der Waals surface area (Å²) in [5.41, 5.74) is 2.06. The Kier molecular flexibility index (Phi) is 1.07. The van der Waals surface area contributed by atoms with E-state index in [4.69, 9.17) is 4.74 Å². The highest BCUT2D eigenvalue weighted by Gasteiger charge is 2.18. The van der Waals surface area contributed by atoms with Crippen LogP contribution in [0.25, 0.3) is 0 Å². The molecule has 0 radical (unpaired) electrons. The molecule has 0 spiro atoms. The van der Waals surface area contributed by atoms with Crippen molar-refractivity contribution >= 4 is 0 Å². The molecule has 0 aromatic carbocycles. The standard InChI is InChI=1S/C8H8O2/c9-8-2-1-6-5-10-4-3-7(6)8/h3-5,9H,1-2H2. The fourth-order valence-corrected chi connectivity index (χ4v) is 1.26. The molecule has 0 bridgehead atoms. The van der Waals surface area contributed by atoms with E-state index in [2.05, 4.69) is 0 Å². The zero-order valence-corrected chi connectivity index (χ0v) is 5.50. The molecule has 2 rings (SSSR count). The molecule has 0 amide bonds. The van der Waals surface area contributed by atoms with Crippen LogP contribution in [0, 0.1) is 0 Å². The average molecular weight is 136 g/mol. The van der Waals surface area contributed by atoms with Gasteiger partial charge in [0.1, 0.15) is 5.76 Å². The number of rotatable bonds is 0. The summed E-state index contributed by atoms with van der Waals surface area (Å²) in [6.07, 6.45) is 6.75. The Morgan fingerprint density at radius 1 is 1.40 bits per heavy atom.